The summed E-state index contributed by atoms with van der Waals surface area (Å²) in [6.07, 6.45) is 0. The number of alkyl halides is 1. The summed E-state index contributed by atoms with van der Waals surface area (Å²) in [7, 11) is 0. The van der Waals surface area contributed by atoms with E-state index < -0.39 is 17.3 Å². The quantitative estimate of drug-likeness (QED) is 0.609. The first-order chi connectivity index (χ1) is 11.7. The van der Waals surface area contributed by atoms with Crippen LogP contribution in [0.3, 0.4) is 0 Å². The molecule has 2 rings (SSSR count). The summed E-state index contributed by atoms with van der Waals surface area (Å²) in [6, 6.07) is 13.0. The van der Waals surface area contributed by atoms with Crippen molar-refractivity contribution >= 4 is 27.7 Å². The average Bonchev–Trinajstić information content (AvgIpc) is 2.58. The predicted molar refractivity (Wildman–Crippen MR) is 98.9 cm³/mol. The maximum absolute atomic E-state index is 14.2. The fourth-order valence-electron chi connectivity index (χ4n) is 2.22. The van der Waals surface area contributed by atoms with Crippen molar-refractivity contribution in [3.05, 3.63) is 71.0 Å². The number of hydrogen-bond acceptors (Lipinski definition) is 2. The van der Waals surface area contributed by atoms with Crippen LogP contribution in [0.1, 0.15) is 47.1 Å². The van der Waals surface area contributed by atoms with E-state index in [-0.39, 0.29) is 11.5 Å². The molecule has 2 amide bonds. The molecule has 0 aliphatic heterocycles. The fourth-order valence-corrected chi connectivity index (χ4v) is 2.57. The molecule has 4 nitrogen and oxygen atoms in total. The molecule has 0 unspecified atom stereocenters. The van der Waals surface area contributed by atoms with E-state index in [0.717, 1.165) is 5.56 Å². The van der Waals surface area contributed by atoms with Crippen molar-refractivity contribution in [3.8, 4) is 0 Å². The third kappa shape index (κ3) is 4.66. The van der Waals surface area contributed by atoms with Crippen LogP contribution >= 0.6 is 15.9 Å². The van der Waals surface area contributed by atoms with Crippen molar-refractivity contribution in [1.29, 1.82) is 0 Å². The van der Waals surface area contributed by atoms with Gasteiger partial charge in [-0.1, -0.05) is 40.2 Å². The second-order valence-corrected chi connectivity index (χ2v) is 7.13. The predicted octanol–water partition coefficient (Wildman–Crippen LogP) is 4.31. The zero-order valence-electron chi connectivity index (χ0n) is 14.3. The van der Waals surface area contributed by atoms with Gasteiger partial charge in [-0.2, -0.15) is 0 Å². The molecule has 1 N–H and O–H groups in total. The normalized spacial score (nSPS) is 11.1. The minimum atomic E-state index is -0.686. The zero-order valence-corrected chi connectivity index (χ0v) is 15.9. The number of nitrogens with one attached hydrogen (secondary N) is 1. The monoisotopic (exact) mass is 406 g/mol. The molecule has 0 aliphatic rings. The summed E-state index contributed by atoms with van der Waals surface area (Å²) in [5.41, 5.74) is 2.91. The highest BCUT2D eigenvalue weighted by Gasteiger charge is 2.30. The molecule has 2 aromatic carbocycles. The average molecular weight is 407 g/mol. The Kier molecular flexibility index (Phi) is 5.95. The molecule has 0 saturated carbocycles. The number of benzene rings is 2. The van der Waals surface area contributed by atoms with E-state index in [1.807, 2.05) is 0 Å². The summed E-state index contributed by atoms with van der Waals surface area (Å²) in [4.78, 5) is 25.3. The molecule has 25 heavy (non-hydrogen) atoms. The Hall–Kier alpha value is -2.21. The van der Waals surface area contributed by atoms with Gasteiger partial charge in [0, 0.05) is 10.9 Å². The molecule has 0 aliphatic carbocycles. The number of hydrogen-bond donors (Lipinski definition) is 1. The van der Waals surface area contributed by atoms with Crippen molar-refractivity contribution < 1.29 is 14.0 Å². The van der Waals surface area contributed by atoms with E-state index in [1.165, 1.54) is 17.1 Å². The van der Waals surface area contributed by atoms with Gasteiger partial charge in [-0.3, -0.25) is 15.0 Å². The Bertz CT molecular complexity index is 773. The summed E-state index contributed by atoms with van der Waals surface area (Å²) < 4.78 is 14.2. The Morgan fingerprint density at radius 3 is 2.28 bits per heavy atom. The maximum atomic E-state index is 14.2. The van der Waals surface area contributed by atoms with Gasteiger partial charge in [0.2, 0.25) is 0 Å². The maximum Gasteiger partial charge on any atom is 0.272 e. The van der Waals surface area contributed by atoms with E-state index in [9.17, 15) is 14.0 Å². The number of rotatable bonds is 3. The first kappa shape index (κ1) is 19.1. The molecule has 0 radical (unpaired) electrons. The molecule has 0 fully saturated rings. The molecule has 0 bridgehead atoms. The largest absolute Gasteiger partial charge is 0.272 e. The number of hydrazine groups is 1. The third-order valence-corrected chi connectivity index (χ3v) is 4.19. The second-order valence-electron chi connectivity index (χ2n) is 6.57. The van der Waals surface area contributed by atoms with Crippen molar-refractivity contribution in [2.24, 2.45) is 0 Å². The van der Waals surface area contributed by atoms with Crippen molar-refractivity contribution in [2.45, 2.75) is 31.6 Å². The van der Waals surface area contributed by atoms with Gasteiger partial charge < -0.3 is 0 Å². The summed E-state index contributed by atoms with van der Waals surface area (Å²) in [6.45, 7) is 5.37. The first-order valence-corrected chi connectivity index (χ1v) is 8.91. The second kappa shape index (κ2) is 7.78. The molecular weight excluding hydrogens is 387 g/mol. The van der Waals surface area contributed by atoms with Gasteiger partial charge in [0.15, 0.2) is 0 Å². The van der Waals surface area contributed by atoms with Crippen LogP contribution in [0.2, 0.25) is 0 Å². The molecule has 0 atom stereocenters. The zero-order chi connectivity index (χ0) is 18.6. The van der Waals surface area contributed by atoms with Crippen molar-refractivity contribution in [3.63, 3.8) is 0 Å². The lowest BCUT2D eigenvalue weighted by Crippen LogP contribution is -2.56. The SMILES string of the molecule is CC(C)(C)N(NC(=O)c1ccc(CBr)cc1F)C(=O)c1ccccc1. The standard InChI is InChI=1S/C19H20BrFN2O2/c1-19(2,3)23(18(25)14-7-5-4-6-8-14)22-17(24)15-10-9-13(12-20)11-16(15)21/h4-11H,12H2,1-3H3,(H,22,24). The lowest BCUT2D eigenvalue weighted by Gasteiger charge is -2.35. The van der Waals surface area contributed by atoms with Crippen LogP contribution < -0.4 is 5.43 Å². The van der Waals surface area contributed by atoms with Crippen LogP contribution in [0.5, 0.6) is 0 Å². The van der Waals surface area contributed by atoms with Crippen molar-refractivity contribution in [1.82, 2.24) is 10.4 Å². The van der Waals surface area contributed by atoms with Crippen LogP contribution in [-0.4, -0.2) is 22.4 Å². The van der Waals surface area contributed by atoms with Crippen LogP contribution in [0.4, 0.5) is 4.39 Å². The van der Waals surface area contributed by atoms with E-state index in [4.69, 9.17) is 0 Å². The smallest absolute Gasteiger partial charge is 0.267 e. The molecule has 132 valence electrons. The van der Waals surface area contributed by atoms with Crippen molar-refractivity contribution in [2.75, 3.05) is 0 Å². The molecule has 0 spiro atoms. The highest BCUT2D eigenvalue weighted by atomic mass is 79.9. The number of halogens is 2. The number of carbonyl (C=O) groups excluding carboxylic acids is 2. The third-order valence-electron chi connectivity index (χ3n) is 3.54. The topological polar surface area (TPSA) is 49.4 Å². The van der Waals surface area contributed by atoms with Crippen LogP contribution in [0, 0.1) is 5.82 Å². The van der Waals surface area contributed by atoms with Gasteiger partial charge in [0.25, 0.3) is 11.8 Å². The van der Waals surface area contributed by atoms with E-state index >= 15 is 0 Å². The molecular formula is C19H20BrFN2O2. The Labute approximate surface area is 155 Å². The minimum absolute atomic E-state index is 0.111. The van der Waals surface area contributed by atoms with Crippen LogP contribution in [0.25, 0.3) is 0 Å². The Balaban J connectivity index is 2.29. The van der Waals surface area contributed by atoms with Gasteiger partial charge >= 0.3 is 0 Å². The minimum Gasteiger partial charge on any atom is -0.267 e. The van der Waals surface area contributed by atoms with Gasteiger partial charge in [0.1, 0.15) is 5.82 Å². The highest BCUT2D eigenvalue weighted by Crippen LogP contribution is 2.17. The van der Waals surface area contributed by atoms with E-state index in [1.54, 1.807) is 57.2 Å². The summed E-state index contributed by atoms with van der Waals surface area (Å²) in [5.74, 6) is -1.66. The van der Waals surface area contributed by atoms with Gasteiger partial charge in [0.05, 0.1) is 11.1 Å². The number of nitrogens with zero attached hydrogens (tertiary/aromatic N) is 1. The molecule has 0 heterocycles. The Morgan fingerprint density at radius 2 is 1.76 bits per heavy atom. The van der Waals surface area contributed by atoms with Gasteiger partial charge in [-0.05, 0) is 50.6 Å². The molecule has 2 aromatic rings. The number of carbonyl (C=O) groups is 2. The fraction of sp³-hybridized carbons (Fsp3) is 0.263. The summed E-state index contributed by atoms with van der Waals surface area (Å²) in [5, 5.41) is 1.72. The first-order valence-electron chi connectivity index (χ1n) is 7.79. The van der Waals surface area contributed by atoms with Gasteiger partial charge in [-0.15, -0.1) is 0 Å². The highest BCUT2D eigenvalue weighted by molar-refractivity contribution is 9.08. The number of amides is 2. The van der Waals surface area contributed by atoms with Crippen LogP contribution in [-0.2, 0) is 5.33 Å². The van der Waals surface area contributed by atoms with Crippen LogP contribution in [0.15, 0.2) is 48.5 Å². The lowest BCUT2D eigenvalue weighted by molar-refractivity contribution is 0.0357. The Morgan fingerprint density at radius 1 is 1.12 bits per heavy atom. The van der Waals surface area contributed by atoms with Gasteiger partial charge in [-0.25, -0.2) is 9.40 Å². The van der Waals surface area contributed by atoms with E-state index in [0.29, 0.717) is 10.9 Å². The van der Waals surface area contributed by atoms with E-state index in [2.05, 4.69) is 21.4 Å². The molecule has 0 saturated heterocycles. The summed E-state index contributed by atoms with van der Waals surface area (Å²) >= 11 is 3.24. The molecule has 0 aromatic heterocycles. The lowest BCUT2D eigenvalue weighted by atomic mass is 10.1. The molecule has 6 heteroatoms.